The molecule has 6 atom stereocenters. The molecule has 2 fully saturated rings. The highest BCUT2D eigenvalue weighted by Gasteiger charge is 2.52. The molecule has 2 aliphatic rings. The largest absolute Gasteiger partial charge is 0.375 e. The summed E-state index contributed by atoms with van der Waals surface area (Å²) in [5.41, 5.74) is 1.54. The van der Waals surface area contributed by atoms with Crippen LogP contribution in [0.25, 0.3) is 22.5 Å². The van der Waals surface area contributed by atoms with Crippen LogP contribution >= 0.6 is 23.4 Å². The molecule has 0 aliphatic carbocycles. The van der Waals surface area contributed by atoms with E-state index in [-0.39, 0.29) is 17.9 Å². The molecule has 0 bridgehead atoms. The Bertz CT molecular complexity index is 1820. The molecule has 10 nitrogen and oxygen atoms in total. The Morgan fingerprint density at radius 1 is 0.978 bits per heavy atom. The second kappa shape index (κ2) is 13.1. The zero-order valence-electron chi connectivity index (χ0n) is 23.9. The van der Waals surface area contributed by atoms with Crippen LogP contribution in [0.1, 0.15) is 17.9 Å². The van der Waals surface area contributed by atoms with Gasteiger partial charge in [-0.3, -0.25) is 4.98 Å². The molecule has 0 radical (unpaired) electrons. The Hall–Kier alpha value is -3.92. The van der Waals surface area contributed by atoms with Crippen molar-refractivity contribution in [2.24, 2.45) is 0 Å². The fourth-order valence-corrected chi connectivity index (χ4v) is 7.08. The fraction of sp³-hybridized carbons (Fsp3) is 0.258. The van der Waals surface area contributed by atoms with Gasteiger partial charge in [0.25, 0.3) is 0 Å². The molecule has 5 heterocycles. The molecule has 2 aromatic carbocycles. The van der Waals surface area contributed by atoms with Crippen LogP contribution in [0.2, 0.25) is 5.02 Å². The molecule has 0 spiro atoms. The first-order chi connectivity index (χ1) is 22.4. The van der Waals surface area contributed by atoms with Gasteiger partial charge in [0.15, 0.2) is 23.7 Å². The van der Waals surface area contributed by atoms with Crippen molar-refractivity contribution in [3.05, 3.63) is 108 Å². The van der Waals surface area contributed by atoms with Gasteiger partial charge in [0.05, 0.1) is 23.5 Å². The minimum atomic E-state index is -1.57. The highest BCUT2D eigenvalue weighted by atomic mass is 35.5. The molecule has 15 heteroatoms. The topological polar surface area (TPSA) is 106 Å². The molecule has 0 N–H and O–H groups in total. The van der Waals surface area contributed by atoms with Crippen LogP contribution in [0.4, 0.5) is 13.2 Å². The number of methoxy groups -OCH3 is 1. The Balaban J connectivity index is 1.27. The summed E-state index contributed by atoms with van der Waals surface area (Å²) in [6.07, 6.45) is 5.10. The van der Waals surface area contributed by atoms with E-state index in [2.05, 4.69) is 25.3 Å². The molecule has 5 aromatic rings. The first-order valence-corrected chi connectivity index (χ1v) is 15.3. The zero-order chi connectivity index (χ0) is 31.8. The van der Waals surface area contributed by atoms with E-state index in [1.165, 1.54) is 42.3 Å². The lowest BCUT2D eigenvalue weighted by atomic mass is 9.95. The fourth-order valence-electron chi connectivity index (χ4n) is 5.52. The predicted molar refractivity (Wildman–Crippen MR) is 160 cm³/mol. The molecule has 236 valence electrons. The van der Waals surface area contributed by atoms with E-state index in [4.69, 9.17) is 30.5 Å². The molecule has 4 unspecified atom stereocenters. The summed E-state index contributed by atoms with van der Waals surface area (Å²) in [5, 5.41) is 8.89. The molecule has 2 aliphatic heterocycles. The third-order valence-electron chi connectivity index (χ3n) is 7.65. The van der Waals surface area contributed by atoms with Crippen LogP contribution in [-0.4, -0.2) is 67.4 Å². The van der Waals surface area contributed by atoms with Crippen molar-refractivity contribution in [2.45, 2.75) is 41.0 Å². The second-order valence-electron chi connectivity index (χ2n) is 10.5. The van der Waals surface area contributed by atoms with Gasteiger partial charge in [-0.05, 0) is 18.2 Å². The number of rotatable bonds is 7. The number of pyridine rings is 1. The van der Waals surface area contributed by atoms with E-state index >= 15 is 0 Å². The average Bonchev–Trinajstić information content (AvgIpc) is 3.57. The summed E-state index contributed by atoms with van der Waals surface area (Å²) in [6, 6.07) is 12.3. The lowest BCUT2D eigenvalue weighted by Crippen LogP contribution is -2.59. The number of hydrogen-bond donors (Lipinski definition) is 0. The van der Waals surface area contributed by atoms with Gasteiger partial charge in [-0.2, -0.15) is 0 Å². The smallest absolute Gasteiger partial charge is 0.194 e. The third-order valence-corrected chi connectivity index (χ3v) is 9.03. The maximum absolute atomic E-state index is 14.1. The summed E-state index contributed by atoms with van der Waals surface area (Å²) >= 11 is 7.71. The number of benzene rings is 2. The number of ether oxygens (including phenoxy) is 4. The number of hydrogen-bond acceptors (Lipinski definition) is 10. The number of nitrogens with zero attached hydrogens (tertiary/aromatic N) is 6. The number of fused-ring (bicyclic) bond motifs is 1. The highest BCUT2D eigenvalue weighted by molar-refractivity contribution is 8.00. The first kappa shape index (κ1) is 30.7. The molecular formula is C31H24ClF3N6O4S. The zero-order valence-corrected chi connectivity index (χ0v) is 25.5. The van der Waals surface area contributed by atoms with Crippen molar-refractivity contribution in [3.63, 3.8) is 0 Å². The predicted octanol–water partition coefficient (Wildman–Crippen LogP) is 6.06. The quantitative estimate of drug-likeness (QED) is 0.190. The maximum Gasteiger partial charge on any atom is 0.194 e. The third kappa shape index (κ3) is 5.99. The summed E-state index contributed by atoms with van der Waals surface area (Å²) in [4.78, 5) is 13.4. The van der Waals surface area contributed by atoms with Crippen LogP contribution in [-0.2, 0) is 18.9 Å². The van der Waals surface area contributed by atoms with Gasteiger partial charge in [0.1, 0.15) is 41.8 Å². The number of halogens is 4. The van der Waals surface area contributed by atoms with Crippen molar-refractivity contribution in [3.8, 4) is 22.5 Å². The van der Waals surface area contributed by atoms with Gasteiger partial charge in [-0.15, -0.1) is 5.10 Å². The minimum absolute atomic E-state index is 0.0148. The normalized spacial score (nSPS) is 24.5. The molecular weight excluding hydrogens is 645 g/mol. The van der Waals surface area contributed by atoms with Crippen molar-refractivity contribution in [1.82, 2.24) is 29.9 Å². The van der Waals surface area contributed by atoms with Crippen LogP contribution in [0.15, 0.2) is 84.5 Å². The number of aromatic nitrogens is 6. The van der Waals surface area contributed by atoms with Crippen molar-refractivity contribution in [2.75, 3.05) is 13.7 Å². The van der Waals surface area contributed by atoms with Gasteiger partial charge in [-0.25, -0.2) is 27.8 Å². The monoisotopic (exact) mass is 668 g/mol. The molecule has 2 saturated heterocycles. The Labute approximate surface area is 269 Å². The Morgan fingerprint density at radius 2 is 1.74 bits per heavy atom. The van der Waals surface area contributed by atoms with Gasteiger partial charge < -0.3 is 18.9 Å². The molecule has 46 heavy (non-hydrogen) atoms. The van der Waals surface area contributed by atoms with Crippen LogP contribution in [0, 0.1) is 17.5 Å². The van der Waals surface area contributed by atoms with E-state index in [0.717, 1.165) is 17.7 Å². The summed E-state index contributed by atoms with van der Waals surface area (Å²) in [5.74, 6) is -4.24. The van der Waals surface area contributed by atoms with Gasteiger partial charge in [0, 0.05) is 47.3 Å². The molecule has 0 saturated carbocycles. The second-order valence-corrected chi connectivity index (χ2v) is 12.1. The van der Waals surface area contributed by atoms with Crippen molar-refractivity contribution in [1.29, 1.82) is 0 Å². The minimum Gasteiger partial charge on any atom is -0.375 e. The highest BCUT2D eigenvalue weighted by Crippen LogP contribution is 2.46. The van der Waals surface area contributed by atoms with Crippen LogP contribution < -0.4 is 0 Å². The lowest BCUT2D eigenvalue weighted by molar-refractivity contribution is -0.308. The van der Waals surface area contributed by atoms with E-state index in [1.54, 1.807) is 18.5 Å². The summed E-state index contributed by atoms with van der Waals surface area (Å²) in [7, 11) is 1.54. The standard InChI is InChI=1S/C31H24ClF3N6O4S/c1-42-29-27(41-13-22(39-40-41)17-7-20(33)25(35)21(34)8-17)28-23(14-43-30(45-28)16-5-3-2-4-6-16)44-31(29)46-24-9-19(32)12-38-26(24)18-10-36-15-37-11-18/h2-13,15,23,27-31H,14H2,1H3/t23?,27?,28-,29?,30?,31+/m0/s1. The van der Waals surface area contributed by atoms with Crippen LogP contribution in [0.3, 0.4) is 0 Å². The molecule has 3 aromatic heterocycles. The van der Waals surface area contributed by atoms with Crippen LogP contribution in [0.5, 0.6) is 0 Å². The number of thioether (sulfide) groups is 1. The van der Waals surface area contributed by atoms with Gasteiger partial charge in [0.2, 0.25) is 0 Å². The summed E-state index contributed by atoms with van der Waals surface area (Å²) in [6.45, 7) is 0.178. The van der Waals surface area contributed by atoms with Gasteiger partial charge in [-0.1, -0.05) is 58.9 Å². The average molecular weight is 669 g/mol. The van der Waals surface area contributed by atoms with E-state index in [1.807, 2.05) is 30.3 Å². The first-order valence-electron chi connectivity index (χ1n) is 14.0. The van der Waals surface area contributed by atoms with E-state index in [9.17, 15) is 13.2 Å². The molecule has 0 amide bonds. The van der Waals surface area contributed by atoms with Crippen molar-refractivity contribution >= 4 is 23.4 Å². The Kier molecular flexibility index (Phi) is 8.72. The maximum atomic E-state index is 14.1. The van der Waals surface area contributed by atoms with Gasteiger partial charge >= 0.3 is 0 Å². The summed E-state index contributed by atoms with van der Waals surface area (Å²) < 4.78 is 68.7. The lowest BCUT2D eigenvalue weighted by Gasteiger charge is -2.48. The van der Waals surface area contributed by atoms with E-state index in [0.29, 0.717) is 21.2 Å². The Morgan fingerprint density at radius 3 is 2.48 bits per heavy atom. The van der Waals surface area contributed by atoms with E-state index < -0.39 is 53.5 Å². The molecule has 7 rings (SSSR count). The SMILES string of the molecule is COC1C(n2cc(-c3cc(F)c(F)c(F)c3)nn2)[C@H]2OC(c3ccccc3)OCC2O[C@@H]1Sc1cc(Cl)cnc1-c1cncnc1. The van der Waals surface area contributed by atoms with Crippen molar-refractivity contribution < 1.29 is 32.1 Å².